The van der Waals surface area contributed by atoms with E-state index in [0.717, 1.165) is 22.7 Å². The van der Waals surface area contributed by atoms with E-state index in [9.17, 15) is 0 Å². The highest BCUT2D eigenvalue weighted by Crippen LogP contribution is 2.25. The van der Waals surface area contributed by atoms with Crippen LogP contribution in [0.5, 0.6) is 0 Å². The molecule has 0 saturated heterocycles. The molecule has 0 saturated carbocycles. The standard InChI is InChI=1S/C21H22N2/c1-15-8-13-21(17(3)14-15)23-19-11-9-18(10-12-19)22-20-7-5-4-6-16(20)2/h4-14,22-23H,1-3H3. The molecule has 2 heteroatoms. The van der Waals surface area contributed by atoms with E-state index in [4.69, 9.17) is 0 Å². The average molecular weight is 302 g/mol. The Morgan fingerprint density at radius 2 is 1.13 bits per heavy atom. The van der Waals surface area contributed by atoms with Crippen molar-refractivity contribution in [3.8, 4) is 0 Å². The van der Waals surface area contributed by atoms with Gasteiger partial charge < -0.3 is 10.6 Å². The summed E-state index contributed by atoms with van der Waals surface area (Å²) in [6.07, 6.45) is 0. The second kappa shape index (κ2) is 6.57. The predicted octanol–water partition coefficient (Wildman–Crippen LogP) is 6.10. The van der Waals surface area contributed by atoms with Crippen LogP contribution >= 0.6 is 0 Å². The summed E-state index contributed by atoms with van der Waals surface area (Å²) in [5.41, 5.74) is 8.25. The minimum Gasteiger partial charge on any atom is -0.355 e. The van der Waals surface area contributed by atoms with E-state index in [1.54, 1.807) is 0 Å². The van der Waals surface area contributed by atoms with Crippen LogP contribution < -0.4 is 10.6 Å². The number of benzene rings is 3. The Balaban J connectivity index is 1.73. The monoisotopic (exact) mass is 302 g/mol. The lowest BCUT2D eigenvalue weighted by molar-refractivity contribution is 1.37. The molecule has 0 spiro atoms. The van der Waals surface area contributed by atoms with Gasteiger partial charge in [-0.15, -0.1) is 0 Å². The number of hydrogen-bond acceptors (Lipinski definition) is 2. The van der Waals surface area contributed by atoms with Crippen molar-refractivity contribution in [2.45, 2.75) is 20.8 Å². The van der Waals surface area contributed by atoms with Gasteiger partial charge in [-0.1, -0.05) is 35.9 Å². The molecule has 0 bridgehead atoms. The van der Waals surface area contributed by atoms with E-state index in [1.807, 2.05) is 6.07 Å². The van der Waals surface area contributed by atoms with Crippen LogP contribution in [0.2, 0.25) is 0 Å². The first kappa shape index (κ1) is 15.2. The van der Waals surface area contributed by atoms with Gasteiger partial charge in [-0.25, -0.2) is 0 Å². The molecule has 3 aromatic carbocycles. The molecule has 3 aromatic rings. The van der Waals surface area contributed by atoms with Gasteiger partial charge in [-0.2, -0.15) is 0 Å². The molecule has 0 heterocycles. The largest absolute Gasteiger partial charge is 0.355 e. The summed E-state index contributed by atoms with van der Waals surface area (Å²) >= 11 is 0. The molecule has 0 unspecified atom stereocenters. The second-order valence-electron chi connectivity index (χ2n) is 5.96. The summed E-state index contributed by atoms with van der Waals surface area (Å²) in [4.78, 5) is 0. The number of para-hydroxylation sites is 1. The van der Waals surface area contributed by atoms with Crippen molar-refractivity contribution in [1.82, 2.24) is 0 Å². The molecule has 0 radical (unpaired) electrons. The number of aryl methyl sites for hydroxylation is 3. The van der Waals surface area contributed by atoms with Gasteiger partial charge in [0, 0.05) is 22.7 Å². The van der Waals surface area contributed by atoms with Gasteiger partial charge >= 0.3 is 0 Å². The lowest BCUT2D eigenvalue weighted by atomic mass is 10.1. The summed E-state index contributed by atoms with van der Waals surface area (Å²) < 4.78 is 0. The van der Waals surface area contributed by atoms with Crippen molar-refractivity contribution < 1.29 is 0 Å². The molecule has 0 amide bonds. The summed E-state index contributed by atoms with van der Waals surface area (Å²) in [5.74, 6) is 0. The minimum absolute atomic E-state index is 1.09. The number of rotatable bonds is 4. The van der Waals surface area contributed by atoms with Crippen LogP contribution in [-0.4, -0.2) is 0 Å². The summed E-state index contributed by atoms with van der Waals surface area (Å²) in [6, 6.07) is 23.1. The fourth-order valence-corrected chi connectivity index (χ4v) is 2.61. The molecule has 2 nitrogen and oxygen atoms in total. The van der Waals surface area contributed by atoms with Crippen molar-refractivity contribution in [3.05, 3.63) is 83.4 Å². The summed E-state index contributed by atoms with van der Waals surface area (Å²) in [5, 5.41) is 6.93. The zero-order valence-corrected chi connectivity index (χ0v) is 13.9. The minimum atomic E-state index is 1.09. The quantitative estimate of drug-likeness (QED) is 0.608. The van der Waals surface area contributed by atoms with Crippen molar-refractivity contribution in [2.24, 2.45) is 0 Å². The normalized spacial score (nSPS) is 10.4. The number of anilines is 4. The Kier molecular flexibility index (Phi) is 4.33. The van der Waals surface area contributed by atoms with Crippen LogP contribution in [0.25, 0.3) is 0 Å². The molecule has 23 heavy (non-hydrogen) atoms. The average Bonchev–Trinajstić information content (AvgIpc) is 2.54. The van der Waals surface area contributed by atoms with Crippen LogP contribution in [0, 0.1) is 20.8 Å². The third-order valence-electron chi connectivity index (χ3n) is 3.97. The first-order valence-corrected chi connectivity index (χ1v) is 7.89. The van der Waals surface area contributed by atoms with E-state index in [-0.39, 0.29) is 0 Å². The van der Waals surface area contributed by atoms with Gasteiger partial charge in [-0.3, -0.25) is 0 Å². The van der Waals surface area contributed by atoms with E-state index in [2.05, 4.69) is 92.1 Å². The zero-order chi connectivity index (χ0) is 16.2. The molecule has 0 fully saturated rings. The molecule has 0 aliphatic heterocycles. The molecule has 0 aliphatic rings. The predicted molar refractivity (Wildman–Crippen MR) is 100 cm³/mol. The number of nitrogens with one attached hydrogen (secondary N) is 2. The maximum atomic E-state index is 3.47. The molecular formula is C21H22N2. The Labute approximate surface area is 138 Å². The van der Waals surface area contributed by atoms with Gasteiger partial charge in [0.15, 0.2) is 0 Å². The Hall–Kier alpha value is -2.74. The zero-order valence-electron chi connectivity index (χ0n) is 13.9. The lowest BCUT2D eigenvalue weighted by Gasteiger charge is -2.12. The van der Waals surface area contributed by atoms with E-state index in [1.165, 1.54) is 16.7 Å². The first-order valence-electron chi connectivity index (χ1n) is 7.89. The molecule has 0 aromatic heterocycles. The highest BCUT2D eigenvalue weighted by Gasteiger charge is 2.01. The van der Waals surface area contributed by atoms with E-state index in [0.29, 0.717) is 0 Å². The highest BCUT2D eigenvalue weighted by molar-refractivity contribution is 5.68. The van der Waals surface area contributed by atoms with Gasteiger partial charge in [-0.05, 0) is 68.3 Å². The van der Waals surface area contributed by atoms with E-state index >= 15 is 0 Å². The van der Waals surface area contributed by atoms with E-state index < -0.39 is 0 Å². The Morgan fingerprint density at radius 3 is 1.70 bits per heavy atom. The van der Waals surface area contributed by atoms with Crippen LogP contribution in [-0.2, 0) is 0 Å². The molecule has 0 atom stereocenters. The molecular weight excluding hydrogens is 280 g/mol. The fraction of sp³-hybridized carbons (Fsp3) is 0.143. The number of hydrogen-bond donors (Lipinski definition) is 2. The van der Waals surface area contributed by atoms with Gasteiger partial charge in [0.1, 0.15) is 0 Å². The third-order valence-corrected chi connectivity index (χ3v) is 3.97. The van der Waals surface area contributed by atoms with Crippen molar-refractivity contribution in [2.75, 3.05) is 10.6 Å². The van der Waals surface area contributed by atoms with Crippen molar-refractivity contribution >= 4 is 22.7 Å². The van der Waals surface area contributed by atoms with Crippen LogP contribution in [0.15, 0.2) is 66.7 Å². The lowest BCUT2D eigenvalue weighted by Crippen LogP contribution is -1.95. The fourth-order valence-electron chi connectivity index (χ4n) is 2.61. The van der Waals surface area contributed by atoms with Crippen LogP contribution in [0.3, 0.4) is 0 Å². The van der Waals surface area contributed by atoms with Crippen LogP contribution in [0.4, 0.5) is 22.7 Å². The van der Waals surface area contributed by atoms with Gasteiger partial charge in [0.25, 0.3) is 0 Å². The smallest absolute Gasteiger partial charge is 0.0414 e. The molecule has 3 rings (SSSR count). The van der Waals surface area contributed by atoms with Crippen molar-refractivity contribution in [1.29, 1.82) is 0 Å². The third kappa shape index (κ3) is 3.72. The maximum Gasteiger partial charge on any atom is 0.0414 e. The second-order valence-corrected chi connectivity index (χ2v) is 5.96. The summed E-state index contributed by atoms with van der Waals surface area (Å²) in [6.45, 7) is 6.35. The van der Waals surface area contributed by atoms with Crippen molar-refractivity contribution in [3.63, 3.8) is 0 Å². The Morgan fingerprint density at radius 1 is 0.565 bits per heavy atom. The Bertz CT molecular complexity index is 804. The first-order chi connectivity index (χ1) is 11.1. The highest BCUT2D eigenvalue weighted by atomic mass is 14.9. The maximum absolute atomic E-state index is 3.47. The molecule has 116 valence electrons. The van der Waals surface area contributed by atoms with Gasteiger partial charge in [0.05, 0.1) is 0 Å². The SMILES string of the molecule is Cc1ccc(Nc2ccc(Nc3ccccc3C)cc2)c(C)c1. The van der Waals surface area contributed by atoms with Crippen LogP contribution in [0.1, 0.15) is 16.7 Å². The van der Waals surface area contributed by atoms with Gasteiger partial charge in [0.2, 0.25) is 0 Å². The molecule has 0 aliphatic carbocycles. The topological polar surface area (TPSA) is 24.1 Å². The molecule has 2 N–H and O–H groups in total. The summed E-state index contributed by atoms with van der Waals surface area (Å²) in [7, 11) is 0.